The fourth-order valence-corrected chi connectivity index (χ4v) is 4.89. The number of benzene rings is 1. The van der Waals surface area contributed by atoms with E-state index in [-0.39, 0.29) is 12.5 Å². The van der Waals surface area contributed by atoms with E-state index in [1.54, 1.807) is 4.31 Å². The molecule has 2 saturated heterocycles. The quantitative estimate of drug-likeness (QED) is 0.782. The maximum absolute atomic E-state index is 12.4. The Morgan fingerprint density at radius 3 is 2.50 bits per heavy atom. The Balaban J connectivity index is 1.45. The lowest BCUT2D eigenvalue weighted by atomic mass is 9.84. The largest absolute Gasteiger partial charge is 0.484 e. The number of carbonyl (C=O) groups excluding carboxylic acids is 1. The molecule has 26 heavy (non-hydrogen) atoms. The van der Waals surface area contributed by atoms with Crippen LogP contribution in [0.1, 0.15) is 24.8 Å². The van der Waals surface area contributed by atoms with E-state index in [0.29, 0.717) is 24.9 Å². The minimum Gasteiger partial charge on any atom is -0.484 e. The Bertz CT molecular complexity index is 742. The van der Waals surface area contributed by atoms with Crippen molar-refractivity contribution in [1.29, 1.82) is 0 Å². The van der Waals surface area contributed by atoms with E-state index >= 15 is 0 Å². The summed E-state index contributed by atoms with van der Waals surface area (Å²) < 4.78 is 30.4. The first-order chi connectivity index (χ1) is 12.3. The standard InChI is InChI=1S/C19H28N2O4S/c1-15-4-3-5-18(12-15)25-14-19(22)20-9-6-17(13-20)16-7-10-21(11-8-16)26(2,23)24/h3-5,12,16-17H,6-11,13-14H2,1-2H3. The summed E-state index contributed by atoms with van der Waals surface area (Å²) in [6, 6.07) is 7.71. The van der Waals surface area contributed by atoms with Gasteiger partial charge < -0.3 is 9.64 Å². The number of sulfonamides is 1. The number of ether oxygens (including phenoxy) is 1. The first-order valence-corrected chi connectivity index (χ1v) is 11.1. The molecule has 0 radical (unpaired) electrons. The van der Waals surface area contributed by atoms with Gasteiger partial charge in [-0.1, -0.05) is 12.1 Å². The number of rotatable bonds is 5. The minimum absolute atomic E-state index is 0.0302. The van der Waals surface area contributed by atoms with Crippen molar-refractivity contribution in [3.05, 3.63) is 29.8 Å². The number of carbonyl (C=O) groups is 1. The normalized spacial score (nSPS) is 22.5. The van der Waals surface area contributed by atoms with E-state index in [1.807, 2.05) is 36.1 Å². The molecule has 0 saturated carbocycles. The van der Waals surface area contributed by atoms with Gasteiger partial charge >= 0.3 is 0 Å². The van der Waals surface area contributed by atoms with E-state index in [2.05, 4.69) is 0 Å². The van der Waals surface area contributed by atoms with Gasteiger partial charge in [-0.15, -0.1) is 0 Å². The summed E-state index contributed by atoms with van der Waals surface area (Å²) in [5.41, 5.74) is 1.11. The van der Waals surface area contributed by atoms with E-state index in [9.17, 15) is 13.2 Å². The summed E-state index contributed by atoms with van der Waals surface area (Å²) in [5, 5.41) is 0. The highest BCUT2D eigenvalue weighted by Crippen LogP contribution is 2.32. The lowest BCUT2D eigenvalue weighted by molar-refractivity contribution is -0.132. The lowest BCUT2D eigenvalue weighted by Crippen LogP contribution is -2.40. The number of aryl methyl sites for hydroxylation is 1. The molecule has 0 bridgehead atoms. The van der Waals surface area contributed by atoms with Crippen molar-refractivity contribution in [3.63, 3.8) is 0 Å². The van der Waals surface area contributed by atoms with Crippen molar-refractivity contribution < 1.29 is 17.9 Å². The molecule has 2 fully saturated rings. The summed E-state index contributed by atoms with van der Waals surface area (Å²) in [5.74, 6) is 1.73. The maximum atomic E-state index is 12.4. The molecular formula is C19H28N2O4S. The third-order valence-electron chi connectivity index (χ3n) is 5.56. The van der Waals surface area contributed by atoms with Crippen LogP contribution in [0.25, 0.3) is 0 Å². The molecule has 144 valence electrons. The van der Waals surface area contributed by atoms with Crippen molar-refractivity contribution in [1.82, 2.24) is 9.21 Å². The molecule has 1 unspecified atom stereocenters. The number of piperidine rings is 1. The topological polar surface area (TPSA) is 66.9 Å². The van der Waals surface area contributed by atoms with Gasteiger partial charge in [0, 0.05) is 26.2 Å². The van der Waals surface area contributed by atoms with Crippen molar-refractivity contribution in [2.75, 3.05) is 39.0 Å². The second kappa shape index (κ2) is 7.96. The van der Waals surface area contributed by atoms with Crippen molar-refractivity contribution >= 4 is 15.9 Å². The zero-order valence-electron chi connectivity index (χ0n) is 15.6. The van der Waals surface area contributed by atoms with Crippen LogP contribution in [0.4, 0.5) is 0 Å². The average molecular weight is 381 g/mol. The van der Waals surface area contributed by atoms with Crippen LogP contribution in [0, 0.1) is 18.8 Å². The zero-order valence-corrected chi connectivity index (χ0v) is 16.4. The molecule has 2 heterocycles. The van der Waals surface area contributed by atoms with E-state index < -0.39 is 10.0 Å². The van der Waals surface area contributed by atoms with Gasteiger partial charge in [0.25, 0.3) is 5.91 Å². The third kappa shape index (κ3) is 4.76. The van der Waals surface area contributed by atoms with Crippen LogP contribution in [0.3, 0.4) is 0 Å². The molecule has 2 aliphatic rings. The van der Waals surface area contributed by atoms with Crippen LogP contribution in [0.5, 0.6) is 5.75 Å². The monoisotopic (exact) mass is 380 g/mol. The smallest absolute Gasteiger partial charge is 0.260 e. The molecule has 3 rings (SSSR count). The van der Waals surface area contributed by atoms with E-state index in [4.69, 9.17) is 4.74 Å². The highest BCUT2D eigenvalue weighted by Gasteiger charge is 2.35. The Morgan fingerprint density at radius 2 is 1.85 bits per heavy atom. The van der Waals surface area contributed by atoms with Crippen LogP contribution >= 0.6 is 0 Å². The van der Waals surface area contributed by atoms with Crippen molar-refractivity contribution in [2.45, 2.75) is 26.2 Å². The second-order valence-corrected chi connectivity index (χ2v) is 9.48. The van der Waals surface area contributed by atoms with Gasteiger partial charge in [0.2, 0.25) is 10.0 Å². The molecule has 7 heteroatoms. The van der Waals surface area contributed by atoms with E-state index in [1.165, 1.54) is 6.26 Å². The third-order valence-corrected chi connectivity index (χ3v) is 6.87. The van der Waals surface area contributed by atoms with Crippen LogP contribution in [0.15, 0.2) is 24.3 Å². The number of hydrogen-bond donors (Lipinski definition) is 0. The average Bonchev–Trinajstić information content (AvgIpc) is 3.09. The zero-order chi connectivity index (χ0) is 18.7. The lowest BCUT2D eigenvalue weighted by Gasteiger charge is -2.33. The number of nitrogens with zero attached hydrogens (tertiary/aromatic N) is 2. The second-order valence-electron chi connectivity index (χ2n) is 7.49. The highest BCUT2D eigenvalue weighted by atomic mass is 32.2. The van der Waals surface area contributed by atoms with Gasteiger partial charge in [-0.3, -0.25) is 4.79 Å². The molecule has 0 N–H and O–H groups in total. The Kier molecular flexibility index (Phi) is 5.87. The summed E-state index contributed by atoms with van der Waals surface area (Å²) in [7, 11) is -3.08. The molecule has 2 aliphatic heterocycles. The van der Waals surface area contributed by atoms with Crippen molar-refractivity contribution in [2.24, 2.45) is 11.8 Å². The number of amides is 1. The fraction of sp³-hybridized carbons (Fsp3) is 0.632. The number of hydrogen-bond acceptors (Lipinski definition) is 4. The van der Waals surface area contributed by atoms with Gasteiger partial charge in [0.05, 0.1) is 6.26 Å². The first kappa shape index (κ1) is 19.2. The molecule has 1 aromatic rings. The van der Waals surface area contributed by atoms with Gasteiger partial charge in [0.15, 0.2) is 6.61 Å². The van der Waals surface area contributed by atoms with Crippen LogP contribution in [-0.4, -0.2) is 62.6 Å². The molecule has 1 amide bonds. The van der Waals surface area contributed by atoms with Crippen LogP contribution in [-0.2, 0) is 14.8 Å². The SMILES string of the molecule is Cc1cccc(OCC(=O)N2CCC(C3CCN(S(C)(=O)=O)CC3)C2)c1. The fourth-order valence-electron chi connectivity index (χ4n) is 4.02. The minimum atomic E-state index is -3.08. The molecule has 0 aliphatic carbocycles. The predicted octanol–water partition coefficient (Wildman–Crippen LogP) is 1.89. The summed E-state index contributed by atoms with van der Waals surface area (Å²) >= 11 is 0. The Hall–Kier alpha value is -1.60. The maximum Gasteiger partial charge on any atom is 0.260 e. The number of likely N-dealkylation sites (tertiary alicyclic amines) is 1. The molecular weight excluding hydrogens is 352 g/mol. The molecule has 1 aromatic carbocycles. The summed E-state index contributed by atoms with van der Waals surface area (Å²) in [6.45, 7) is 4.80. The molecule has 1 atom stereocenters. The van der Waals surface area contributed by atoms with Crippen molar-refractivity contribution in [3.8, 4) is 5.75 Å². The molecule has 0 spiro atoms. The Labute approximate surface area is 156 Å². The van der Waals surface area contributed by atoms with Gasteiger partial charge in [-0.05, 0) is 55.7 Å². The van der Waals surface area contributed by atoms with Crippen LogP contribution in [0.2, 0.25) is 0 Å². The Morgan fingerprint density at radius 1 is 1.15 bits per heavy atom. The van der Waals surface area contributed by atoms with E-state index in [0.717, 1.165) is 43.7 Å². The molecule has 6 nitrogen and oxygen atoms in total. The van der Waals surface area contributed by atoms with Gasteiger partial charge in [-0.2, -0.15) is 0 Å². The summed E-state index contributed by atoms with van der Waals surface area (Å²) in [6.07, 6.45) is 4.05. The van der Waals surface area contributed by atoms with Crippen LogP contribution < -0.4 is 4.74 Å². The highest BCUT2D eigenvalue weighted by molar-refractivity contribution is 7.88. The first-order valence-electron chi connectivity index (χ1n) is 9.25. The molecule has 0 aromatic heterocycles. The summed E-state index contributed by atoms with van der Waals surface area (Å²) in [4.78, 5) is 14.3. The van der Waals surface area contributed by atoms with Gasteiger partial charge in [0.1, 0.15) is 5.75 Å². The predicted molar refractivity (Wildman–Crippen MR) is 101 cm³/mol. The van der Waals surface area contributed by atoms with Gasteiger partial charge in [-0.25, -0.2) is 12.7 Å².